The van der Waals surface area contributed by atoms with Crippen LogP contribution in [-0.4, -0.2) is 18.5 Å². The van der Waals surface area contributed by atoms with Gasteiger partial charge in [-0.1, -0.05) is 25.0 Å². The van der Waals surface area contributed by atoms with Crippen LogP contribution in [-0.2, 0) is 11.2 Å². The fourth-order valence-corrected chi connectivity index (χ4v) is 2.57. The van der Waals surface area contributed by atoms with Gasteiger partial charge in [-0.05, 0) is 37.0 Å². The van der Waals surface area contributed by atoms with Gasteiger partial charge in [0.1, 0.15) is 17.5 Å². The minimum Gasteiger partial charge on any atom is -0.389 e. The molecule has 5 heteroatoms. The van der Waals surface area contributed by atoms with E-state index in [1.807, 2.05) is 12.1 Å². The molecule has 0 spiro atoms. The van der Waals surface area contributed by atoms with E-state index >= 15 is 0 Å². The quantitative estimate of drug-likeness (QED) is 0.482. The van der Waals surface area contributed by atoms with Gasteiger partial charge in [0.05, 0.1) is 0 Å². The van der Waals surface area contributed by atoms with E-state index in [-0.39, 0.29) is 23.3 Å². The summed E-state index contributed by atoms with van der Waals surface area (Å²) in [7, 11) is 0. The zero-order chi connectivity index (χ0) is 15.8. The Morgan fingerprint density at radius 3 is 2.86 bits per heavy atom. The lowest BCUT2D eigenvalue weighted by molar-refractivity contribution is -0.117. The van der Waals surface area contributed by atoms with Gasteiger partial charge in [-0.15, -0.1) is 0 Å². The van der Waals surface area contributed by atoms with Crippen LogP contribution in [0.2, 0.25) is 0 Å². The molecular formula is C17H20FN3O. The third-order valence-corrected chi connectivity index (χ3v) is 3.75. The Kier molecular flexibility index (Phi) is 5.96. The first-order valence-electron chi connectivity index (χ1n) is 7.58. The molecule has 0 heterocycles. The molecule has 0 radical (unpaired) electrons. The Balaban J connectivity index is 1.79. The smallest absolute Gasteiger partial charge is 0.263 e. The Morgan fingerprint density at radius 1 is 1.41 bits per heavy atom. The highest BCUT2D eigenvalue weighted by Gasteiger charge is 2.19. The first-order chi connectivity index (χ1) is 10.7. The predicted octanol–water partition coefficient (Wildman–Crippen LogP) is 2.42. The van der Waals surface area contributed by atoms with Crippen LogP contribution in [0.1, 0.15) is 31.2 Å². The molecule has 1 aromatic carbocycles. The molecule has 116 valence electrons. The van der Waals surface area contributed by atoms with Gasteiger partial charge in [-0.25, -0.2) is 4.39 Å². The topological polar surface area (TPSA) is 64.9 Å². The number of amides is 1. The van der Waals surface area contributed by atoms with Crippen molar-refractivity contribution < 1.29 is 9.18 Å². The van der Waals surface area contributed by atoms with E-state index in [2.05, 4.69) is 10.6 Å². The minimum atomic E-state index is -0.326. The van der Waals surface area contributed by atoms with Crippen molar-refractivity contribution in [3.63, 3.8) is 0 Å². The summed E-state index contributed by atoms with van der Waals surface area (Å²) in [5.74, 6) is -0.589. The summed E-state index contributed by atoms with van der Waals surface area (Å²) in [6.07, 6.45) is 6.28. The minimum absolute atomic E-state index is 0.0751. The van der Waals surface area contributed by atoms with Crippen LogP contribution in [0.3, 0.4) is 0 Å². The molecule has 4 nitrogen and oxygen atoms in total. The number of hydrogen-bond donors (Lipinski definition) is 2. The van der Waals surface area contributed by atoms with E-state index < -0.39 is 0 Å². The Bertz CT molecular complexity index is 586. The zero-order valence-electron chi connectivity index (χ0n) is 12.4. The molecule has 0 atom stereocenters. The summed E-state index contributed by atoms with van der Waals surface area (Å²) in [6.45, 7) is 0.533. The van der Waals surface area contributed by atoms with Crippen molar-refractivity contribution in [3.05, 3.63) is 47.4 Å². The van der Waals surface area contributed by atoms with Crippen LogP contribution in [0.4, 0.5) is 4.39 Å². The van der Waals surface area contributed by atoms with Crippen molar-refractivity contribution in [2.75, 3.05) is 6.54 Å². The summed E-state index contributed by atoms with van der Waals surface area (Å²) >= 11 is 0. The third kappa shape index (κ3) is 4.88. The molecule has 0 aromatic heterocycles. The number of rotatable bonds is 6. The average molecular weight is 301 g/mol. The maximum Gasteiger partial charge on any atom is 0.263 e. The van der Waals surface area contributed by atoms with E-state index in [4.69, 9.17) is 5.26 Å². The number of nitrogens with zero attached hydrogens (tertiary/aromatic N) is 1. The van der Waals surface area contributed by atoms with Gasteiger partial charge in [0.25, 0.3) is 5.91 Å². The van der Waals surface area contributed by atoms with Crippen molar-refractivity contribution in [3.8, 4) is 6.07 Å². The fraction of sp³-hybridized carbons (Fsp3) is 0.412. The number of benzene rings is 1. The molecular weight excluding hydrogens is 281 g/mol. The molecule has 1 aromatic rings. The standard InChI is InChI=1S/C17H20FN3O/c18-15-5-3-4-13(10-15)8-9-20-12-14(11-19)17(22)21-16-6-1-2-7-16/h3-5,10,12,16,20H,1-2,6-9H2,(H,21,22)/b14-12-. The molecule has 1 aliphatic rings. The normalized spacial score (nSPS) is 15.4. The van der Waals surface area contributed by atoms with Gasteiger partial charge in [-0.2, -0.15) is 5.26 Å². The number of nitriles is 1. The predicted molar refractivity (Wildman–Crippen MR) is 82.2 cm³/mol. The maximum atomic E-state index is 13.0. The van der Waals surface area contributed by atoms with Gasteiger partial charge in [0, 0.05) is 18.8 Å². The average Bonchev–Trinajstić information content (AvgIpc) is 3.00. The second-order valence-electron chi connectivity index (χ2n) is 5.46. The highest BCUT2D eigenvalue weighted by molar-refractivity contribution is 5.97. The van der Waals surface area contributed by atoms with Gasteiger partial charge in [-0.3, -0.25) is 4.79 Å². The van der Waals surface area contributed by atoms with Gasteiger partial charge in [0.15, 0.2) is 0 Å². The monoisotopic (exact) mass is 301 g/mol. The zero-order valence-corrected chi connectivity index (χ0v) is 12.4. The molecule has 0 bridgehead atoms. The van der Waals surface area contributed by atoms with E-state index in [9.17, 15) is 9.18 Å². The van der Waals surface area contributed by atoms with Crippen molar-refractivity contribution in [2.24, 2.45) is 0 Å². The molecule has 0 aliphatic heterocycles. The number of carbonyl (C=O) groups is 1. The summed E-state index contributed by atoms with van der Waals surface area (Å²) in [5, 5.41) is 14.9. The SMILES string of the molecule is N#C/C(=C/NCCc1cccc(F)c1)C(=O)NC1CCCC1. The van der Waals surface area contributed by atoms with Crippen LogP contribution < -0.4 is 10.6 Å². The van der Waals surface area contributed by atoms with Gasteiger partial charge < -0.3 is 10.6 Å². The van der Waals surface area contributed by atoms with Crippen molar-refractivity contribution in [1.29, 1.82) is 5.26 Å². The van der Waals surface area contributed by atoms with Gasteiger partial charge in [0.2, 0.25) is 0 Å². The Labute approximate surface area is 130 Å². The molecule has 1 fully saturated rings. The molecule has 1 aliphatic carbocycles. The maximum absolute atomic E-state index is 13.0. The lowest BCUT2D eigenvalue weighted by Crippen LogP contribution is -2.34. The number of hydrogen-bond acceptors (Lipinski definition) is 3. The van der Waals surface area contributed by atoms with Crippen LogP contribution in [0, 0.1) is 17.1 Å². The Hall–Kier alpha value is -2.35. The van der Waals surface area contributed by atoms with Crippen LogP contribution >= 0.6 is 0 Å². The van der Waals surface area contributed by atoms with Crippen LogP contribution in [0.25, 0.3) is 0 Å². The lowest BCUT2D eigenvalue weighted by Gasteiger charge is -2.11. The van der Waals surface area contributed by atoms with Crippen LogP contribution in [0.5, 0.6) is 0 Å². The van der Waals surface area contributed by atoms with Crippen molar-refractivity contribution >= 4 is 5.91 Å². The molecule has 1 saturated carbocycles. The summed E-state index contributed by atoms with van der Waals surface area (Å²) < 4.78 is 13.0. The van der Waals surface area contributed by atoms with E-state index in [1.165, 1.54) is 18.3 Å². The molecule has 22 heavy (non-hydrogen) atoms. The van der Waals surface area contributed by atoms with Crippen LogP contribution in [0.15, 0.2) is 36.0 Å². The lowest BCUT2D eigenvalue weighted by atomic mass is 10.1. The number of carbonyl (C=O) groups excluding carboxylic acids is 1. The first kappa shape index (κ1) is 16.0. The molecule has 2 N–H and O–H groups in total. The summed E-state index contributed by atoms with van der Waals surface area (Å²) in [6, 6.07) is 8.48. The number of nitrogens with one attached hydrogen (secondary N) is 2. The second kappa shape index (κ2) is 8.18. The fourth-order valence-electron chi connectivity index (χ4n) is 2.57. The summed E-state index contributed by atoms with van der Waals surface area (Å²) in [4.78, 5) is 11.9. The van der Waals surface area contributed by atoms with Crippen molar-refractivity contribution in [2.45, 2.75) is 38.1 Å². The first-order valence-corrected chi connectivity index (χ1v) is 7.58. The largest absolute Gasteiger partial charge is 0.389 e. The Morgan fingerprint density at radius 2 is 2.18 bits per heavy atom. The summed E-state index contributed by atoms with van der Waals surface area (Å²) in [5.41, 5.74) is 0.945. The molecule has 2 rings (SSSR count). The number of halogens is 1. The van der Waals surface area contributed by atoms with E-state index in [0.717, 1.165) is 31.2 Å². The highest BCUT2D eigenvalue weighted by atomic mass is 19.1. The second-order valence-corrected chi connectivity index (χ2v) is 5.46. The van der Waals surface area contributed by atoms with E-state index in [1.54, 1.807) is 6.07 Å². The molecule has 1 amide bonds. The van der Waals surface area contributed by atoms with Crippen molar-refractivity contribution in [1.82, 2.24) is 10.6 Å². The van der Waals surface area contributed by atoms with E-state index in [0.29, 0.717) is 13.0 Å². The highest BCUT2D eigenvalue weighted by Crippen LogP contribution is 2.17. The molecule has 0 unspecified atom stereocenters. The third-order valence-electron chi connectivity index (χ3n) is 3.75. The van der Waals surface area contributed by atoms with Gasteiger partial charge >= 0.3 is 0 Å². The molecule has 0 saturated heterocycles.